The lowest BCUT2D eigenvalue weighted by Gasteiger charge is -2.13. The summed E-state index contributed by atoms with van der Waals surface area (Å²) in [4.78, 5) is 12.7. The topological polar surface area (TPSA) is 41.1 Å². The van der Waals surface area contributed by atoms with Gasteiger partial charge in [-0.2, -0.15) is 0 Å². The maximum atomic E-state index is 11.6. The van der Waals surface area contributed by atoms with Crippen molar-refractivity contribution in [3.05, 3.63) is 29.3 Å². The zero-order chi connectivity index (χ0) is 14.1. The van der Waals surface area contributed by atoms with E-state index in [-0.39, 0.29) is 5.91 Å². The molecular formula is C14H21ClN2OS. The molecule has 0 heterocycles. The molecule has 0 fully saturated rings. The highest BCUT2D eigenvalue weighted by Gasteiger charge is 2.05. The van der Waals surface area contributed by atoms with E-state index in [9.17, 15) is 4.79 Å². The minimum absolute atomic E-state index is 0.0873. The van der Waals surface area contributed by atoms with Gasteiger partial charge in [0.25, 0.3) is 0 Å². The van der Waals surface area contributed by atoms with Crippen molar-refractivity contribution >= 4 is 29.3 Å². The van der Waals surface area contributed by atoms with E-state index in [1.807, 2.05) is 24.3 Å². The van der Waals surface area contributed by atoms with E-state index < -0.39 is 0 Å². The van der Waals surface area contributed by atoms with E-state index in [1.54, 1.807) is 11.8 Å². The van der Waals surface area contributed by atoms with Crippen LogP contribution in [0.15, 0.2) is 29.2 Å². The largest absolute Gasteiger partial charge is 0.355 e. The van der Waals surface area contributed by atoms with E-state index in [1.165, 1.54) is 0 Å². The summed E-state index contributed by atoms with van der Waals surface area (Å²) in [6, 6.07) is 8.00. The Morgan fingerprint density at radius 2 is 2.16 bits per heavy atom. The fraction of sp³-hybridized carbons (Fsp3) is 0.500. The van der Waals surface area contributed by atoms with Crippen LogP contribution in [0.5, 0.6) is 0 Å². The molecule has 0 aromatic heterocycles. The SMILES string of the molecule is CCN[C@H](C)CNC(=O)CCSc1ccccc1Cl. The van der Waals surface area contributed by atoms with Crippen molar-refractivity contribution in [2.24, 2.45) is 0 Å². The predicted molar refractivity (Wildman–Crippen MR) is 82.9 cm³/mol. The summed E-state index contributed by atoms with van der Waals surface area (Å²) in [5, 5.41) is 6.92. The van der Waals surface area contributed by atoms with Crippen LogP contribution < -0.4 is 10.6 Å². The first-order valence-corrected chi connectivity index (χ1v) is 7.87. The Labute approximate surface area is 124 Å². The van der Waals surface area contributed by atoms with E-state index in [0.29, 0.717) is 19.0 Å². The minimum atomic E-state index is 0.0873. The van der Waals surface area contributed by atoms with Crippen molar-refractivity contribution in [1.29, 1.82) is 0 Å². The van der Waals surface area contributed by atoms with Crippen molar-refractivity contribution in [2.75, 3.05) is 18.8 Å². The Bertz CT molecular complexity index is 401. The summed E-state index contributed by atoms with van der Waals surface area (Å²) in [6.07, 6.45) is 0.509. The van der Waals surface area contributed by atoms with E-state index in [0.717, 1.165) is 22.2 Å². The van der Waals surface area contributed by atoms with Gasteiger partial charge in [0.1, 0.15) is 0 Å². The third-order valence-corrected chi connectivity index (χ3v) is 4.10. The number of hydrogen-bond donors (Lipinski definition) is 2. The molecule has 2 N–H and O–H groups in total. The van der Waals surface area contributed by atoms with Crippen LogP contribution in [-0.4, -0.2) is 30.8 Å². The van der Waals surface area contributed by atoms with Gasteiger partial charge in [-0.05, 0) is 25.6 Å². The number of benzene rings is 1. The minimum Gasteiger partial charge on any atom is -0.355 e. The van der Waals surface area contributed by atoms with E-state index in [2.05, 4.69) is 24.5 Å². The number of carbonyl (C=O) groups is 1. The number of hydrogen-bond acceptors (Lipinski definition) is 3. The van der Waals surface area contributed by atoms with Crippen molar-refractivity contribution in [1.82, 2.24) is 10.6 Å². The second kappa shape index (κ2) is 9.23. The van der Waals surface area contributed by atoms with Gasteiger partial charge in [0, 0.05) is 29.7 Å². The second-order valence-corrected chi connectivity index (χ2v) is 5.84. The Hall–Kier alpha value is -0.710. The number of halogens is 1. The Morgan fingerprint density at radius 1 is 1.42 bits per heavy atom. The average Bonchev–Trinajstić information content (AvgIpc) is 2.39. The first-order valence-electron chi connectivity index (χ1n) is 6.51. The highest BCUT2D eigenvalue weighted by atomic mass is 35.5. The third kappa shape index (κ3) is 6.85. The molecule has 1 aromatic rings. The predicted octanol–water partition coefficient (Wildman–Crippen LogP) is 2.94. The summed E-state index contributed by atoms with van der Waals surface area (Å²) in [7, 11) is 0. The van der Waals surface area contributed by atoms with Gasteiger partial charge < -0.3 is 10.6 Å². The monoisotopic (exact) mass is 300 g/mol. The Morgan fingerprint density at radius 3 is 2.84 bits per heavy atom. The molecule has 0 spiro atoms. The molecule has 5 heteroatoms. The fourth-order valence-corrected chi connectivity index (χ4v) is 2.78. The lowest BCUT2D eigenvalue weighted by Crippen LogP contribution is -2.38. The molecule has 106 valence electrons. The van der Waals surface area contributed by atoms with Crippen LogP contribution in [0.4, 0.5) is 0 Å². The summed E-state index contributed by atoms with van der Waals surface area (Å²) in [5.41, 5.74) is 0. The van der Waals surface area contributed by atoms with Gasteiger partial charge in [0.2, 0.25) is 5.91 Å². The quantitative estimate of drug-likeness (QED) is 0.725. The zero-order valence-electron chi connectivity index (χ0n) is 11.4. The molecule has 1 atom stereocenters. The molecule has 19 heavy (non-hydrogen) atoms. The molecule has 0 saturated carbocycles. The molecule has 3 nitrogen and oxygen atoms in total. The number of thioether (sulfide) groups is 1. The zero-order valence-corrected chi connectivity index (χ0v) is 13.0. The Balaban J connectivity index is 2.19. The van der Waals surface area contributed by atoms with Crippen LogP contribution in [0.1, 0.15) is 20.3 Å². The molecule has 0 radical (unpaired) electrons. The van der Waals surface area contributed by atoms with Crippen LogP contribution in [0, 0.1) is 0 Å². The smallest absolute Gasteiger partial charge is 0.220 e. The first-order chi connectivity index (χ1) is 9.13. The number of rotatable bonds is 8. The molecule has 1 rings (SSSR count). The number of likely N-dealkylation sites (N-methyl/N-ethyl adjacent to an activating group) is 1. The molecular weight excluding hydrogens is 280 g/mol. The lowest BCUT2D eigenvalue weighted by atomic mass is 10.3. The van der Waals surface area contributed by atoms with E-state index >= 15 is 0 Å². The van der Waals surface area contributed by atoms with Crippen molar-refractivity contribution in [3.8, 4) is 0 Å². The lowest BCUT2D eigenvalue weighted by molar-refractivity contribution is -0.120. The summed E-state index contributed by atoms with van der Waals surface area (Å²) in [6.45, 7) is 5.70. The van der Waals surface area contributed by atoms with Gasteiger partial charge >= 0.3 is 0 Å². The van der Waals surface area contributed by atoms with Crippen molar-refractivity contribution < 1.29 is 4.79 Å². The first kappa shape index (κ1) is 16.3. The molecule has 1 aromatic carbocycles. The molecule has 0 aliphatic carbocycles. The summed E-state index contributed by atoms with van der Waals surface area (Å²) in [5.74, 6) is 0.829. The van der Waals surface area contributed by atoms with Crippen LogP contribution in [0.2, 0.25) is 5.02 Å². The molecule has 0 bridgehead atoms. The maximum Gasteiger partial charge on any atom is 0.220 e. The highest BCUT2D eigenvalue weighted by molar-refractivity contribution is 7.99. The normalized spacial score (nSPS) is 12.2. The second-order valence-electron chi connectivity index (χ2n) is 4.29. The fourth-order valence-electron chi connectivity index (χ4n) is 1.59. The van der Waals surface area contributed by atoms with Gasteiger partial charge in [0.05, 0.1) is 5.02 Å². The van der Waals surface area contributed by atoms with E-state index in [4.69, 9.17) is 11.6 Å². The number of amides is 1. The molecule has 0 aliphatic rings. The van der Waals surface area contributed by atoms with Crippen LogP contribution in [0.25, 0.3) is 0 Å². The number of nitrogens with one attached hydrogen (secondary N) is 2. The standard InChI is InChI=1S/C14H21ClN2OS/c1-3-16-11(2)10-17-14(18)8-9-19-13-7-5-4-6-12(13)15/h4-7,11,16H,3,8-10H2,1-2H3,(H,17,18)/t11-/m1/s1. The highest BCUT2D eigenvalue weighted by Crippen LogP contribution is 2.26. The van der Waals surface area contributed by atoms with Gasteiger partial charge in [-0.1, -0.05) is 30.7 Å². The molecule has 1 amide bonds. The van der Waals surface area contributed by atoms with Crippen LogP contribution in [0.3, 0.4) is 0 Å². The number of carbonyl (C=O) groups excluding carboxylic acids is 1. The molecule has 0 unspecified atom stereocenters. The molecule has 0 saturated heterocycles. The third-order valence-electron chi connectivity index (χ3n) is 2.58. The average molecular weight is 301 g/mol. The summed E-state index contributed by atoms with van der Waals surface area (Å²) < 4.78 is 0. The van der Waals surface area contributed by atoms with Crippen molar-refractivity contribution in [2.45, 2.75) is 31.2 Å². The van der Waals surface area contributed by atoms with Crippen LogP contribution >= 0.6 is 23.4 Å². The van der Waals surface area contributed by atoms with Gasteiger partial charge in [-0.15, -0.1) is 11.8 Å². The van der Waals surface area contributed by atoms with Gasteiger partial charge in [-0.3, -0.25) is 4.79 Å². The maximum absolute atomic E-state index is 11.6. The van der Waals surface area contributed by atoms with Crippen molar-refractivity contribution in [3.63, 3.8) is 0 Å². The molecule has 0 aliphatic heterocycles. The van der Waals surface area contributed by atoms with Crippen LogP contribution in [-0.2, 0) is 4.79 Å². The summed E-state index contributed by atoms with van der Waals surface area (Å²) >= 11 is 7.66. The van der Waals surface area contributed by atoms with Gasteiger partial charge in [-0.25, -0.2) is 0 Å². The Kier molecular flexibility index (Phi) is 7.94. The van der Waals surface area contributed by atoms with Gasteiger partial charge in [0.15, 0.2) is 0 Å².